The number of hydrogen-bond donors (Lipinski definition) is 2. The minimum atomic E-state index is -0.271. The molecule has 1 aromatic rings. The van der Waals surface area contributed by atoms with E-state index in [9.17, 15) is 14.7 Å². The molecule has 2 N–H and O–H groups in total. The van der Waals surface area contributed by atoms with Crippen molar-refractivity contribution in [2.24, 2.45) is 0 Å². The van der Waals surface area contributed by atoms with E-state index in [0.29, 0.717) is 0 Å². The fraction of sp³-hybridized carbons (Fsp3) is 0.600. The van der Waals surface area contributed by atoms with E-state index in [1.54, 1.807) is 11.8 Å². The molecule has 1 aromatic heterocycles. The first-order chi connectivity index (χ1) is 9.63. The first-order valence-electron chi connectivity index (χ1n) is 7.24. The normalized spacial score (nSPS) is 16.1. The van der Waals surface area contributed by atoms with E-state index in [2.05, 4.69) is 4.98 Å². The SMILES string of the molecule is Cc1cc(=O)c(C(=O)N(CCO)C2CCCCC2)c[nH]1. The van der Waals surface area contributed by atoms with E-state index in [1.165, 1.54) is 18.7 Å². The predicted octanol–water partition coefficient (Wildman–Crippen LogP) is 1.45. The van der Waals surface area contributed by atoms with Crippen molar-refractivity contribution in [2.75, 3.05) is 13.2 Å². The average molecular weight is 278 g/mol. The van der Waals surface area contributed by atoms with Crippen molar-refractivity contribution in [1.29, 1.82) is 0 Å². The third kappa shape index (κ3) is 3.28. The Bertz CT molecular complexity index is 518. The lowest BCUT2D eigenvalue weighted by molar-refractivity contribution is 0.0583. The Balaban J connectivity index is 2.23. The van der Waals surface area contributed by atoms with Crippen molar-refractivity contribution in [3.63, 3.8) is 0 Å². The summed E-state index contributed by atoms with van der Waals surface area (Å²) < 4.78 is 0. The molecule has 110 valence electrons. The van der Waals surface area contributed by atoms with Crippen LogP contribution in [0.25, 0.3) is 0 Å². The molecule has 0 spiro atoms. The quantitative estimate of drug-likeness (QED) is 0.875. The summed E-state index contributed by atoms with van der Waals surface area (Å²) in [6.45, 7) is 1.99. The molecule has 5 nitrogen and oxygen atoms in total. The zero-order chi connectivity index (χ0) is 14.5. The molecule has 0 unspecified atom stereocenters. The van der Waals surface area contributed by atoms with Gasteiger partial charge in [0.2, 0.25) is 0 Å². The number of amides is 1. The van der Waals surface area contributed by atoms with E-state index >= 15 is 0 Å². The molecule has 1 aliphatic carbocycles. The third-order valence-electron chi connectivity index (χ3n) is 3.90. The molecule has 1 heterocycles. The van der Waals surface area contributed by atoms with Crippen LogP contribution in [-0.4, -0.2) is 40.1 Å². The molecular formula is C15H22N2O3. The zero-order valence-corrected chi connectivity index (χ0v) is 11.9. The summed E-state index contributed by atoms with van der Waals surface area (Å²) in [7, 11) is 0. The molecule has 20 heavy (non-hydrogen) atoms. The van der Waals surface area contributed by atoms with Crippen LogP contribution in [0.4, 0.5) is 0 Å². The number of aromatic nitrogens is 1. The van der Waals surface area contributed by atoms with Crippen LogP contribution < -0.4 is 5.43 Å². The van der Waals surface area contributed by atoms with E-state index in [4.69, 9.17) is 0 Å². The van der Waals surface area contributed by atoms with Gasteiger partial charge in [-0.1, -0.05) is 19.3 Å². The molecule has 1 fully saturated rings. The van der Waals surface area contributed by atoms with Crippen molar-refractivity contribution in [2.45, 2.75) is 45.1 Å². The number of aliphatic hydroxyl groups is 1. The van der Waals surface area contributed by atoms with Gasteiger partial charge in [-0.05, 0) is 19.8 Å². The number of carbonyl (C=O) groups excluding carboxylic acids is 1. The molecule has 0 atom stereocenters. The number of aryl methyl sites for hydroxylation is 1. The van der Waals surface area contributed by atoms with Gasteiger partial charge in [-0.2, -0.15) is 0 Å². The Morgan fingerprint density at radius 2 is 2.10 bits per heavy atom. The third-order valence-corrected chi connectivity index (χ3v) is 3.90. The number of nitrogens with one attached hydrogen (secondary N) is 1. The van der Waals surface area contributed by atoms with Crippen molar-refractivity contribution in [1.82, 2.24) is 9.88 Å². The van der Waals surface area contributed by atoms with Crippen molar-refractivity contribution >= 4 is 5.91 Å². The fourth-order valence-electron chi connectivity index (χ4n) is 2.85. The standard InChI is InChI=1S/C15H22N2O3/c1-11-9-14(19)13(10-16-11)15(20)17(7-8-18)12-5-3-2-4-6-12/h9-10,12,18H,2-8H2,1H3,(H,16,19). The van der Waals surface area contributed by atoms with E-state index in [0.717, 1.165) is 31.4 Å². The van der Waals surface area contributed by atoms with Gasteiger partial charge in [0, 0.05) is 30.5 Å². The second kappa shape index (κ2) is 6.70. The highest BCUT2D eigenvalue weighted by Gasteiger charge is 2.27. The number of carbonyl (C=O) groups is 1. The molecule has 2 rings (SSSR count). The molecule has 0 bridgehead atoms. The molecule has 0 radical (unpaired) electrons. The predicted molar refractivity (Wildman–Crippen MR) is 76.8 cm³/mol. The van der Waals surface area contributed by atoms with Gasteiger partial charge in [0.05, 0.1) is 6.61 Å². The zero-order valence-electron chi connectivity index (χ0n) is 11.9. The van der Waals surface area contributed by atoms with Crippen molar-refractivity contribution in [3.05, 3.63) is 33.7 Å². The van der Waals surface area contributed by atoms with Crippen LogP contribution in [0.1, 0.15) is 48.2 Å². The van der Waals surface area contributed by atoms with Gasteiger partial charge in [0.25, 0.3) is 5.91 Å². The maximum Gasteiger partial charge on any atom is 0.259 e. The van der Waals surface area contributed by atoms with Gasteiger partial charge in [-0.3, -0.25) is 9.59 Å². The minimum absolute atomic E-state index is 0.0774. The smallest absolute Gasteiger partial charge is 0.259 e. The number of rotatable bonds is 4. The second-order valence-corrected chi connectivity index (χ2v) is 5.41. The summed E-state index contributed by atoms with van der Waals surface area (Å²) in [5.74, 6) is -0.271. The van der Waals surface area contributed by atoms with Gasteiger partial charge in [-0.15, -0.1) is 0 Å². The summed E-state index contributed by atoms with van der Waals surface area (Å²) in [6, 6.07) is 1.58. The summed E-state index contributed by atoms with van der Waals surface area (Å²) in [5, 5.41) is 9.20. The van der Waals surface area contributed by atoms with Gasteiger partial charge in [-0.25, -0.2) is 0 Å². The van der Waals surface area contributed by atoms with Crippen LogP contribution in [0.2, 0.25) is 0 Å². The molecule has 1 aliphatic rings. The minimum Gasteiger partial charge on any atom is -0.395 e. The van der Waals surface area contributed by atoms with Gasteiger partial charge < -0.3 is 15.0 Å². The first-order valence-corrected chi connectivity index (χ1v) is 7.24. The van der Waals surface area contributed by atoms with Crippen molar-refractivity contribution < 1.29 is 9.90 Å². The summed E-state index contributed by atoms with van der Waals surface area (Å²) in [5.41, 5.74) is 0.637. The first kappa shape index (κ1) is 14.8. The largest absolute Gasteiger partial charge is 0.395 e. The van der Waals surface area contributed by atoms with E-state index < -0.39 is 0 Å². The van der Waals surface area contributed by atoms with Gasteiger partial charge in [0.15, 0.2) is 5.43 Å². The number of pyridine rings is 1. The highest BCUT2D eigenvalue weighted by molar-refractivity contribution is 5.94. The fourth-order valence-corrected chi connectivity index (χ4v) is 2.85. The second-order valence-electron chi connectivity index (χ2n) is 5.41. The highest BCUT2D eigenvalue weighted by Crippen LogP contribution is 2.23. The van der Waals surface area contributed by atoms with Crippen LogP contribution in [0.3, 0.4) is 0 Å². The molecule has 1 saturated carbocycles. The number of hydrogen-bond acceptors (Lipinski definition) is 3. The monoisotopic (exact) mass is 278 g/mol. The Kier molecular flexibility index (Phi) is 4.95. The number of nitrogens with zero attached hydrogens (tertiary/aromatic N) is 1. The maximum absolute atomic E-state index is 12.6. The molecule has 0 aromatic carbocycles. The number of aliphatic hydroxyl groups excluding tert-OH is 1. The Morgan fingerprint density at radius 3 is 2.70 bits per heavy atom. The molecule has 0 saturated heterocycles. The van der Waals surface area contributed by atoms with E-state index in [1.807, 2.05) is 0 Å². The topological polar surface area (TPSA) is 73.4 Å². The Labute approximate surface area is 118 Å². The van der Waals surface area contributed by atoms with Gasteiger partial charge >= 0.3 is 0 Å². The number of aromatic amines is 1. The summed E-state index contributed by atoms with van der Waals surface area (Å²) >= 11 is 0. The van der Waals surface area contributed by atoms with Gasteiger partial charge in [0.1, 0.15) is 5.56 Å². The summed E-state index contributed by atoms with van der Waals surface area (Å²) in [4.78, 5) is 29.1. The van der Waals surface area contributed by atoms with Crippen molar-refractivity contribution in [3.8, 4) is 0 Å². The van der Waals surface area contributed by atoms with Crippen LogP contribution >= 0.6 is 0 Å². The Hall–Kier alpha value is -1.62. The lowest BCUT2D eigenvalue weighted by Crippen LogP contribution is -2.44. The molecular weight excluding hydrogens is 256 g/mol. The summed E-state index contributed by atoms with van der Waals surface area (Å²) in [6.07, 6.45) is 6.79. The van der Waals surface area contributed by atoms with E-state index in [-0.39, 0.29) is 36.1 Å². The molecule has 1 amide bonds. The molecule has 0 aliphatic heterocycles. The van der Waals surface area contributed by atoms with Crippen LogP contribution in [0.5, 0.6) is 0 Å². The van der Waals surface area contributed by atoms with Crippen LogP contribution in [-0.2, 0) is 0 Å². The Morgan fingerprint density at radius 1 is 1.40 bits per heavy atom. The highest BCUT2D eigenvalue weighted by atomic mass is 16.3. The maximum atomic E-state index is 12.6. The van der Waals surface area contributed by atoms with Crippen LogP contribution in [0.15, 0.2) is 17.1 Å². The molecule has 5 heteroatoms. The lowest BCUT2D eigenvalue weighted by Gasteiger charge is -2.33. The van der Waals surface area contributed by atoms with Crippen LogP contribution in [0, 0.1) is 6.92 Å². The lowest BCUT2D eigenvalue weighted by atomic mass is 9.93. The average Bonchev–Trinajstić information content (AvgIpc) is 2.45. The number of H-pyrrole nitrogens is 1.